The summed E-state index contributed by atoms with van der Waals surface area (Å²) in [4.78, 5) is 81.8. The van der Waals surface area contributed by atoms with Gasteiger partial charge < -0.3 is 41.9 Å². The highest BCUT2D eigenvalue weighted by Gasteiger charge is 2.33. The SMILES string of the molecule is Cc1cc(=O)oc2cc(NC(=O)[C@H](CCCN=C(N)N)NC(=O)[C@H](CC(C)C)NC(=O)[C@@H](NC(=O)OCc3ccccc3)C(=C=O)C(C)C)ccc12. The second-order valence-corrected chi connectivity index (χ2v) is 13.0. The quantitative estimate of drug-likeness (QED) is 0.0393. The van der Waals surface area contributed by atoms with E-state index in [0.29, 0.717) is 28.6 Å². The average Bonchev–Trinajstić information content (AvgIpc) is 3.07. The molecular formula is C37H47N7O8. The number of anilines is 1. The van der Waals surface area contributed by atoms with Crippen molar-refractivity contribution in [3.05, 3.63) is 81.7 Å². The topological polar surface area (TPSA) is 237 Å². The van der Waals surface area contributed by atoms with Crippen molar-refractivity contribution in [2.75, 3.05) is 11.9 Å². The predicted octanol–water partition coefficient (Wildman–Crippen LogP) is 2.82. The zero-order valence-electron chi connectivity index (χ0n) is 30.0. The van der Waals surface area contributed by atoms with Crippen molar-refractivity contribution in [3.8, 4) is 0 Å². The first kappa shape index (κ1) is 40.5. The maximum absolute atomic E-state index is 13.8. The number of rotatable bonds is 17. The maximum atomic E-state index is 13.8. The van der Waals surface area contributed by atoms with Gasteiger partial charge in [-0.1, -0.05) is 58.0 Å². The first-order valence-electron chi connectivity index (χ1n) is 16.9. The number of nitrogens with zero attached hydrogens (tertiary/aromatic N) is 1. The fourth-order valence-electron chi connectivity index (χ4n) is 5.31. The van der Waals surface area contributed by atoms with E-state index < -0.39 is 53.5 Å². The van der Waals surface area contributed by atoms with Gasteiger partial charge in [0.25, 0.3) is 0 Å². The Labute approximate surface area is 301 Å². The van der Waals surface area contributed by atoms with Crippen molar-refractivity contribution in [1.82, 2.24) is 16.0 Å². The Hall–Kier alpha value is -5.95. The molecule has 3 rings (SSSR count). The number of ether oxygens (including phenoxy) is 1. The zero-order chi connectivity index (χ0) is 38.4. The highest BCUT2D eigenvalue weighted by Crippen LogP contribution is 2.21. The Morgan fingerprint density at radius 2 is 1.60 bits per heavy atom. The standard InChI is InChI=1S/C37H47N7O8/c1-21(2)16-29(43-35(49)32(27(19-45)22(3)4)44-37(50)51-20-24-10-7-6-8-11-24)34(48)42-28(12-9-15-40-36(38)39)33(47)41-25-13-14-26-23(5)17-31(46)52-30(26)18-25/h6-8,10-11,13-14,17-18,21-22,28-29,32H,9,12,15-16,20H2,1-5H3,(H,41,47)(H,42,48)(H,43,49)(H,44,50)(H4,38,39,40)/t28-,29-,32-/m0/s1. The summed E-state index contributed by atoms with van der Waals surface area (Å²) in [7, 11) is 0. The van der Waals surface area contributed by atoms with Gasteiger partial charge in [-0.3, -0.25) is 19.4 Å². The lowest BCUT2D eigenvalue weighted by Crippen LogP contribution is -2.57. The highest BCUT2D eigenvalue weighted by atomic mass is 16.5. The summed E-state index contributed by atoms with van der Waals surface area (Å²) in [5.74, 6) is -1.08. The van der Waals surface area contributed by atoms with E-state index in [2.05, 4.69) is 26.3 Å². The molecule has 4 amide bonds. The monoisotopic (exact) mass is 717 g/mol. The van der Waals surface area contributed by atoms with Gasteiger partial charge in [-0.15, -0.1) is 0 Å². The van der Waals surface area contributed by atoms with Gasteiger partial charge in [-0.2, -0.15) is 0 Å². The minimum absolute atomic E-state index is 0.0590. The lowest BCUT2D eigenvalue weighted by atomic mass is 9.95. The van der Waals surface area contributed by atoms with Crippen LogP contribution in [-0.4, -0.2) is 60.4 Å². The number of amides is 4. The number of hydrogen-bond acceptors (Lipinski definition) is 9. The molecule has 3 atom stereocenters. The minimum atomic E-state index is -1.50. The third-order valence-electron chi connectivity index (χ3n) is 7.93. The zero-order valence-corrected chi connectivity index (χ0v) is 30.0. The smallest absolute Gasteiger partial charge is 0.408 e. The third kappa shape index (κ3) is 12.4. The summed E-state index contributed by atoms with van der Waals surface area (Å²) in [6.07, 6.45) is -0.387. The van der Waals surface area contributed by atoms with Gasteiger partial charge in [0.05, 0.1) is 0 Å². The molecule has 1 heterocycles. The van der Waals surface area contributed by atoms with Crippen molar-refractivity contribution in [2.45, 2.75) is 78.6 Å². The van der Waals surface area contributed by atoms with Crippen molar-refractivity contribution < 1.29 is 33.1 Å². The van der Waals surface area contributed by atoms with Crippen LogP contribution in [0.3, 0.4) is 0 Å². The van der Waals surface area contributed by atoms with E-state index in [1.165, 1.54) is 12.1 Å². The molecule has 15 nitrogen and oxygen atoms in total. The number of aliphatic imine (C=N–C) groups is 1. The molecule has 8 N–H and O–H groups in total. The molecule has 15 heteroatoms. The van der Waals surface area contributed by atoms with E-state index in [-0.39, 0.29) is 49.0 Å². The van der Waals surface area contributed by atoms with Crippen LogP contribution in [0.2, 0.25) is 0 Å². The molecule has 3 aromatic rings. The molecule has 2 aromatic carbocycles. The van der Waals surface area contributed by atoms with Gasteiger partial charge >= 0.3 is 11.7 Å². The summed E-state index contributed by atoms with van der Waals surface area (Å²) < 4.78 is 10.6. The molecule has 52 heavy (non-hydrogen) atoms. The Balaban J connectivity index is 1.83. The first-order chi connectivity index (χ1) is 24.7. The van der Waals surface area contributed by atoms with Crippen LogP contribution >= 0.6 is 0 Å². The van der Waals surface area contributed by atoms with Gasteiger partial charge in [-0.25, -0.2) is 14.4 Å². The van der Waals surface area contributed by atoms with Crippen molar-refractivity contribution in [3.63, 3.8) is 0 Å². The van der Waals surface area contributed by atoms with Crippen LogP contribution in [0.4, 0.5) is 10.5 Å². The summed E-state index contributed by atoms with van der Waals surface area (Å²) in [6, 6.07) is 11.3. The number of alkyl carbamates (subject to hydrolysis) is 1. The van der Waals surface area contributed by atoms with E-state index in [1.54, 1.807) is 63.1 Å². The second-order valence-electron chi connectivity index (χ2n) is 13.0. The molecule has 1 aromatic heterocycles. The van der Waals surface area contributed by atoms with E-state index >= 15 is 0 Å². The molecule has 0 bridgehead atoms. The molecule has 0 aliphatic carbocycles. The van der Waals surface area contributed by atoms with Crippen LogP contribution in [0.15, 0.2) is 74.4 Å². The number of fused-ring (bicyclic) bond motifs is 1. The molecule has 0 saturated carbocycles. The van der Waals surface area contributed by atoms with Gasteiger partial charge in [0.2, 0.25) is 17.7 Å². The number of guanidine groups is 1. The molecular weight excluding hydrogens is 670 g/mol. The maximum Gasteiger partial charge on any atom is 0.408 e. The second kappa shape index (κ2) is 19.4. The number of nitrogens with two attached hydrogens (primary N) is 2. The molecule has 0 radical (unpaired) electrons. The largest absolute Gasteiger partial charge is 0.445 e. The van der Waals surface area contributed by atoms with Gasteiger partial charge in [-0.05, 0) is 61.3 Å². The van der Waals surface area contributed by atoms with Gasteiger partial charge in [0.15, 0.2) is 5.96 Å². The molecule has 0 aliphatic rings. The summed E-state index contributed by atoms with van der Waals surface area (Å²) >= 11 is 0. The lowest BCUT2D eigenvalue weighted by molar-refractivity contribution is -0.131. The number of nitrogens with one attached hydrogen (secondary N) is 4. The van der Waals surface area contributed by atoms with Gasteiger partial charge in [0, 0.05) is 35.3 Å². The van der Waals surface area contributed by atoms with Crippen LogP contribution < -0.4 is 38.4 Å². The van der Waals surface area contributed by atoms with E-state index in [0.717, 1.165) is 0 Å². The van der Waals surface area contributed by atoms with Crippen molar-refractivity contribution in [2.24, 2.45) is 28.3 Å². The van der Waals surface area contributed by atoms with Gasteiger partial charge in [0.1, 0.15) is 36.3 Å². The summed E-state index contributed by atoms with van der Waals surface area (Å²) in [5, 5.41) is 11.3. The van der Waals surface area contributed by atoms with Crippen LogP contribution in [0.5, 0.6) is 0 Å². The van der Waals surface area contributed by atoms with E-state index in [9.17, 15) is 28.8 Å². The predicted molar refractivity (Wildman–Crippen MR) is 197 cm³/mol. The van der Waals surface area contributed by atoms with Crippen LogP contribution in [-0.2, 0) is 30.5 Å². The number of hydrogen-bond donors (Lipinski definition) is 6. The van der Waals surface area contributed by atoms with Crippen LogP contribution in [0.1, 0.15) is 58.1 Å². The molecule has 0 spiro atoms. The fraction of sp³-hybridized carbons (Fsp3) is 0.405. The number of aryl methyl sites for hydroxylation is 1. The molecule has 0 fully saturated rings. The average molecular weight is 718 g/mol. The van der Waals surface area contributed by atoms with Crippen LogP contribution in [0, 0.1) is 18.8 Å². The van der Waals surface area contributed by atoms with Crippen molar-refractivity contribution >= 4 is 52.4 Å². The normalized spacial score (nSPS) is 12.6. The molecule has 0 saturated heterocycles. The summed E-state index contributed by atoms with van der Waals surface area (Å²) in [6.45, 7) is 8.86. The molecule has 278 valence electrons. The number of benzene rings is 2. The third-order valence-corrected chi connectivity index (χ3v) is 7.93. The molecule has 0 aliphatic heterocycles. The fourth-order valence-corrected chi connectivity index (χ4v) is 5.31. The van der Waals surface area contributed by atoms with E-state index in [4.69, 9.17) is 20.6 Å². The number of carbonyl (C=O) groups excluding carboxylic acids is 5. The number of carbonyl (C=O) groups is 4. The van der Waals surface area contributed by atoms with Crippen molar-refractivity contribution in [1.29, 1.82) is 0 Å². The Morgan fingerprint density at radius 3 is 2.23 bits per heavy atom. The lowest BCUT2D eigenvalue weighted by Gasteiger charge is -2.27. The Bertz CT molecular complexity index is 1860. The first-order valence-corrected chi connectivity index (χ1v) is 16.9. The van der Waals surface area contributed by atoms with Crippen LogP contribution in [0.25, 0.3) is 11.0 Å². The highest BCUT2D eigenvalue weighted by molar-refractivity contribution is 6.00. The summed E-state index contributed by atoms with van der Waals surface area (Å²) in [5.41, 5.74) is 12.3. The Morgan fingerprint density at radius 1 is 0.904 bits per heavy atom. The Kier molecular flexibility index (Phi) is 15.1. The molecule has 0 unspecified atom stereocenters. The minimum Gasteiger partial charge on any atom is -0.445 e. The van der Waals surface area contributed by atoms with E-state index in [1.807, 2.05) is 19.9 Å².